The molecule has 0 fully saturated rings. The summed E-state index contributed by atoms with van der Waals surface area (Å²) in [4.78, 5) is 26.2. The molecule has 0 aliphatic carbocycles. The van der Waals surface area contributed by atoms with Crippen molar-refractivity contribution in [2.24, 2.45) is 0 Å². The van der Waals surface area contributed by atoms with Crippen molar-refractivity contribution in [2.75, 3.05) is 13.7 Å². The third-order valence-corrected chi connectivity index (χ3v) is 5.22. The van der Waals surface area contributed by atoms with Gasteiger partial charge in [-0.3, -0.25) is 9.59 Å². The van der Waals surface area contributed by atoms with Crippen LogP contribution < -0.4 is 0 Å². The van der Waals surface area contributed by atoms with Crippen LogP contribution in [0.5, 0.6) is 0 Å². The minimum Gasteiger partial charge on any atom is -0.464 e. The van der Waals surface area contributed by atoms with E-state index in [9.17, 15) is 9.59 Å². The van der Waals surface area contributed by atoms with Crippen LogP contribution in [0.15, 0.2) is 53.1 Å². The first-order valence-corrected chi connectivity index (χ1v) is 9.30. The summed E-state index contributed by atoms with van der Waals surface area (Å²) >= 11 is 0. The number of aryl methyl sites for hydroxylation is 2. The number of ether oxygens (including phenoxy) is 1. The number of hydrogen-bond donors (Lipinski definition) is 0. The molecule has 0 aliphatic rings. The summed E-state index contributed by atoms with van der Waals surface area (Å²) in [6, 6.07) is 13.6. The highest BCUT2D eigenvalue weighted by molar-refractivity contribution is 5.87. The second kappa shape index (κ2) is 8.30. The van der Waals surface area contributed by atoms with Crippen LogP contribution in [-0.2, 0) is 20.7 Å². The first kappa shape index (κ1) is 19.7. The molecule has 0 saturated carbocycles. The number of amides is 1. The quantitative estimate of drug-likeness (QED) is 0.597. The van der Waals surface area contributed by atoms with Crippen LogP contribution in [0.4, 0.5) is 0 Å². The predicted octanol–water partition coefficient (Wildman–Crippen LogP) is 4.35. The Bertz CT molecular complexity index is 991. The minimum absolute atomic E-state index is 0.0702. The van der Waals surface area contributed by atoms with Gasteiger partial charge in [-0.2, -0.15) is 0 Å². The summed E-state index contributed by atoms with van der Waals surface area (Å²) in [6.07, 6.45) is 1.65. The summed E-state index contributed by atoms with van der Waals surface area (Å²) in [5.74, 6) is -0.691. The Labute approximate surface area is 164 Å². The molecule has 0 radical (unpaired) electrons. The highest BCUT2D eigenvalue weighted by Gasteiger charge is 2.19. The van der Waals surface area contributed by atoms with Gasteiger partial charge in [0.2, 0.25) is 0 Å². The van der Waals surface area contributed by atoms with Crippen LogP contribution in [0.25, 0.3) is 11.0 Å². The molecule has 1 atom stereocenters. The van der Waals surface area contributed by atoms with Crippen LogP contribution in [0.1, 0.15) is 35.2 Å². The maximum Gasteiger partial charge on any atom is 0.310 e. The van der Waals surface area contributed by atoms with Gasteiger partial charge in [-0.05, 0) is 49.6 Å². The Balaban J connectivity index is 1.58. The van der Waals surface area contributed by atoms with E-state index >= 15 is 0 Å². The fourth-order valence-corrected chi connectivity index (χ4v) is 3.09. The minimum atomic E-state index is -0.449. The molecule has 2 aromatic carbocycles. The van der Waals surface area contributed by atoms with E-state index in [0.717, 1.165) is 33.2 Å². The van der Waals surface area contributed by atoms with Crippen molar-refractivity contribution in [3.8, 4) is 0 Å². The first-order valence-electron chi connectivity index (χ1n) is 9.30. The fourth-order valence-electron chi connectivity index (χ4n) is 3.09. The molecule has 1 unspecified atom stereocenters. The molecule has 0 N–H and O–H groups in total. The molecule has 5 nitrogen and oxygen atoms in total. The molecular formula is C23H25NO4. The molecule has 0 saturated heterocycles. The van der Waals surface area contributed by atoms with E-state index in [1.54, 1.807) is 18.2 Å². The number of fused-ring (bicyclic) bond motifs is 1. The summed E-state index contributed by atoms with van der Waals surface area (Å²) in [7, 11) is 1.71. The molecule has 3 rings (SSSR count). The van der Waals surface area contributed by atoms with Crippen molar-refractivity contribution in [3.05, 3.63) is 71.0 Å². The van der Waals surface area contributed by atoms with Crippen molar-refractivity contribution in [2.45, 2.75) is 33.2 Å². The van der Waals surface area contributed by atoms with Gasteiger partial charge in [-0.1, -0.05) is 30.3 Å². The molecule has 0 spiro atoms. The summed E-state index contributed by atoms with van der Waals surface area (Å²) in [5.41, 5.74) is 4.81. The normalized spacial score (nSPS) is 12.0. The van der Waals surface area contributed by atoms with Gasteiger partial charge in [-0.25, -0.2) is 0 Å². The molecule has 146 valence electrons. The predicted molar refractivity (Wildman–Crippen MR) is 108 cm³/mol. The van der Waals surface area contributed by atoms with E-state index in [1.807, 2.05) is 63.2 Å². The van der Waals surface area contributed by atoms with Crippen molar-refractivity contribution in [3.63, 3.8) is 0 Å². The lowest BCUT2D eigenvalue weighted by Crippen LogP contribution is -2.33. The Kier molecular flexibility index (Phi) is 5.83. The molecule has 1 heterocycles. The molecule has 1 aromatic heterocycles. The van der Waals surface area contributed by atoms with Gasteiger partial charge in [0.05, 0.1) is 18.7 Å². The number of nitrogens with zero attached hydrogens (tertiary/aromatic N) is 1. The Morgan fingerprint density at radius 2 is 1.79 bits per heavy atom. The summed E-state index contributed by atoms with van der Waals surface area (Å²) in [5, 5.41) is 0.904. The molecule has 28 heavy (non-hydrogen) atoms. The van der Waals surface area contributed by atoms with Crippen LogP contribution in [-0.4, -0.2) is 30.4 Å². The monoisotopic (exact) mass is 379 g/mol. The SMILES string of the molecule is Cc1cc2occ(CC(=O)OCC(=O)N(C)C(C)c3ccccc3)c2cc1C. The van der Waals surface area contributed by atoms with Crippen molar-refractivity contribution < 1.29 is 18.7 Å². The third kappa shape index (κ3) is 4.25. The maximum atomic E-state index is 12.4. The summed E-state index contributed by atoms with van der Waals surface area (Å²) in [6.45, 7) is 5.70. The largest absolute Gasteiger partial charge is 0.464 e. The third-order valence-electron chi connectivity index (χ3n) is 5.22. The summed E-state index contributed by atoms with van der Waals surface area (Å²) < 4.78 is 10.8. The highest BCUT2D eigenvalue weighted by atomic mass is 16.5. The van der Waals surface area contributed by atoms with E-state index in [1.165, 1.54) is 0 Å². The second-order valence-corrected chi connectivity index (χ2v) is 7.12. The molecule has 1 amide bonds. The van der Waals surface area contributed by atoms with Crippen LogP contribution in [0.2, 0.25) is 0 Å². The van der Waals surface area contributed by atoms with Gasteiger partial charge in [-0.15, -0.1) is 0 Å². The first-order chi connectivity index (χ1) is 13.4. The zero-order valence-electron chi connectivity index (χ0n) is 16.7. The number of esters is 1. The topological polar surface area (TPSA) is 59.8 Å². The van der Waals surface area contributed by atoms with E-state index in [4.69, 9.17) is 9.15 Å². The number of carbonyl (C=O) groups is 2. The Hall–Kier alpha value is -3.08. The standard InChI is InChI=1S/C23H25NO4/c1-15-10-20-19(13-27-21(20)11-16(15)2)12-23(26)28-14-22(25)24(4)17(3)18-8-6-5-7-9-18/h5-11,13,17H,12,14H2,1-4H3. The smallest absolute Gasteiger partial charge is 0.310 e. The van der Waals surface area contributed by atoms with E-state index < -0.39 is 5.97 Å². The van der Waals surface area contributed by atoms with Gasteiger partial charge in [0.15, 0.2) is 6.61 Å². The lowest BCUT2D eigenvalue weighted by atomic mass is 10.0. The Morgan fingerprint density at radius 3 is 2.50 bits per heavy atom. The van der Waals surface area contributed by atoms with Gasteiger partial charge in [0.1, 0.15) is 5.58 Å². The van der Waals surface area contributed by atoms with E-state index in [2.05, 4.69) is 0 Å². The van der Waals surface area contributed by atoms with Gasteiger partial charge >= 0.3 is 5.97 Å². The average molecular weight is 379 g/mol. The van der Waals surface area contributed by atoms with Crippen molar-refractivity contribution in [1.29, 1.82) is 0 Å². The number of rotatable bonds is 6. The zero-order valence-corrected chi connectivity index (χ0v) is 16.7. The average Bonchev–Trinajstić information content (AvgIpc) is 3.07. The lowest BCUT2D eigenvalue weighted by molar-refractivity contribution is -0.151. The van der Waals surface area contributed by atoms with Gasteiger partial charge in [0.25, 0.3) is 5.91 Å². The number of carbonyl (C=O) groups excluding carboxylic acids is 2. The molecular weight excluding hydrogens is 354 g/mol. The van der Waals surface area contributed by atoms with Crippen molar-refractivity contribution >= 4 is 22.8 Å². The maximum absolute atomic E-state index is 12.4. The van der Waals surface area contributed by atoms with Gasteiger partial charge < -0.3 is 14.1 Å². The number of benzene rings is 2. The number of furan rings is 1. The van der Waals surface area contributed by atoms with Crippen molar-refractivity contribution in [1.82, 2.24) is 4.90 Å². The second-order valence-electron chi connectivity index (χ2n) is 7.12. The van der Waals surface area contributed by atoms with Crippen LogP contribution >= 0.6 is 0 Å². The highest BCUT2D eigenvalue weighted by Crippen LogP contribution is 2.25. The number of hydrogen-bond acceptors (Lipinski definition) is 4. The van der Waals surface area contributed by atoms with Crippen LogP contribution in [0.3, 0.4) is 0 Å². The Morgan fingerprint density at radius 1 is 1.11 bits per heavy atom. The molecule has 5 heteroatoms. The van der Waals surface area contributed by atoms with Crippen LogP contribution in [0, 0.1) is 13.8 Å². The fraction of sp³-hybridized carbons (Fsp3) is 0.304. The van der Waals surface area contributed by atoms with E-state index in [-0.39, 0.29) is 25.0 Å². The molecule has 3 aromatic rings. The zero-order chi connectivity index (χ0) is 20.3. The van der Waals surface area contributed by atoms with Gasteiger partial charge in [0, 0.05) is 18.0 Å². The number of likely N-dealkylation sites (N-methyl/N-ethyl adjacent to an activating group) is 1. The molecule has 0 bridgehead atoms. The molecule has 0 aliphatic heterocycles. The van der Waals surface area contributed by atoms with E-state index in [0.29, 0.717) is 0 Å². The lowest BCUT2D eigenvalue weighted by Gasteiger charge is -2.25.